The van der Waals surface area contributed by atoms with Crippen molar-refractivity contribution in [3.05, 3.63) is 76.9 Å². The fraction of sp³-hybridized carbons (Fsp3) is 0.342. The molecular weight excluding hydrogens is 784 g/mol. The van der Waals surface area contributed by atoms with E-state index < -0.39 is 28.3 Å². The summed E-state index contributed by atoms with van der Waals surface area (Å²) in [5.74, 6) is -1.03. The van der Waals surface area contributed by atoms with Crippen molar-refractivity contribution in [3.8, 4) is 16.9 Å². The Kier molecular flexibility index (Phi) is 12.4. The van der Waals surface area contributed by atoms with E-state index in [1.54, 1.807) is 6.92 Å². The zero-order valence-corrected chi connectivity index (χ0v) is 34.7. The number of hydrogen-bond acceptors (Lipinski definition) is 14. The van der Waals surface area contributed by atoms with Crippen LogP contribution in [0.25, 0.3) is 21.9 Å². The standard InChI is InChI=1S/C38H44N6O9S.Ga.H/c1-23-16-27(5-4-26(23)19-29(45)20-42-10-12-43(21-34(46)47)14-15-44(13-11-42)22-35(48)49)28-6-8-31(24(2)17-28)40-41-32-9-7-30-33(54(51,52)53)18-25(3)37(39)36(30)38(32)50;;/h4-9,16-18,50H,10-15,19-22,39H2,1-3H3,(H,46,47)(H,48,49)(H,51,52,53);;/q;+2;/p-2/i;1-2;. The van der Waals surface area contributed by atoms with Crippen molar-refractivity contribution in [1.82, 2.24) is 14.7 Å². The first-order valence-corrected chi connectivity index (χ1v) is 21.7. The second kappa shape index (κ2) is 17.0. The first kappa shape index (κ1) is 40.1. The van der Waals surface area contributed by atoms with E-state index >= 15 is 0 Å². The van der Waals surface area contributed by atoms with Gasteiger partial charge in [-0.15, -0.1) is 5.11 Å². The molecular formula is C38H43GaN6O9S. The second-order valence-electron chi connectivity index (χ2n) is 14.0. The molecule has 0 spiro atoms. The topological polar surface area (TPSA) is 205 Å². The number of azo groups is 1. The van der Waals surface area contributed by atoms with Crippen molar-refractivity contribution < 1.29 is 39.5 Å². The van der Waals surface area contributed by atoms with Gasteiger partial charge in [0, 0.05) is 11.1 Å². The summed E-state index contributed by atoms with van der Waals surface area (Å²) in [5.41, 5.74) is 12.0. The summed E-state index contributed by atoms with van der Waals surface area (Å²) < 4.78 is 44.1. The predicted octanol–water partition coefficient (Wildman–Crippen LogP) is 3.78. The van der Waals surface area contributed by atoms with E-state index in [-0.39, 0.29) is 76.6 Å². The molecule has 2 unspecified atom stereocenters. The fourth-order valence-electron chi connectivity index (χ4n) is 6.82. The molecule has 2 bridgehead atoms. The van der Waals surface area contributed by atoms with Crippen molar-refractivity contribution in [1.29, 1.82) is 0 Å². The Morgan fingerprint density at radius 2 is 1.36 bits per heavy atom. The molecule has 0 aliphatic carbocycles. The van der Waals surface area contributed by atoms with Gasteiger partial charge in [-0.25, -0.2) is 0 Å². The molecule has 288 valence electrons. The van der Waals surface area contributed by atoms with Gasteiger partial charge in [-0.1, -0.05) is 24.3 Å². The Bertz CT molecular complexity index is 2270. The molecule has 4 aromatic carbocycles. The number of aryl methyl sites for hydroxylation is 3. The van der Waals surface area contributed by atoms with Gasteiger partial charge in [0.15, 0.2) is 5.75 Å². The van der Waals surface area contributed by atoms with Gasteiger partial charge in [0.05, 0.1) is 11.1 Å². The molecule has 55 heavy (non-hydrogen) atoms. The van der Waals surface area contributed by atoms with Gasteiger partial charge in [0.2, 0.25) is 0 Å². The Hall–Kier alpha value is -4.62. The van der Waals surface area contributed by atoms with Crippen LogP contribution in [0.3, 0.4) is 0 Å². The SMILES string of the molecule is Cc1cc(-c2ccc(N=Nc3ccc4c(S(=O)(=O)O)cc(C)c(N)c4c3O)c(C)c2)ccc1CC(=O)CN1CCN2CCN(CC1)CC(=O)[O][68GaH][O]C(=O)C2. The molecule has 2 heterocycles. The summed E-state index contributed by atoms with van der Waals surface area (Å²) in [6.45, 7) is 9.62. The maximum absolute atomic E-state index is 13.4. The zero-order valence-electron chi connectivity index (χ0n) is 30.9. The Morgan fingerprint density at radius 3 is 1.96 bits per heavy atom. The third-order valence-electron chi connectivity index (χ3n) is 10.0. The van der Waals surface area contributed by atoms with Crippen LogP contribution < -0.4 is 5.73 Å². The molecule has 4 aromatic rings. The van der Waals surface area contributed by atoms with Crippen molar-refractivity contribution in [2.75, 3.05) is 64.6 Å². The number of phenolic OH excluding ortho intramolecular Hbond substituents is 1. The van der Waals surface area contributed by atoms with Crippen molar-refractivity contribution in [2.24, 2.45) is 10.2 Å². The number of benzene rings is 4. The number of carbonyl (C=O) groups excluding carboxylic acids is 3. The molecule has 2 aliphatic heterocycles. The minimum absolute atomic E-state index is 0.0602. The third-order valence-corrected chi connectivity index (χ3v) is 12.7. The number of ketones is 1. The number of fused-ring (bicyclic) bond motifs is 4. The predicted molar refractivity (Wildman–Crippen MR) is 207 cm³/mol. The molecule has 0 radical (unpaired) electrons. The minimum atomic E-state index is -4.57. The van der Waals surface area contributed by atoms with Crippen molar-refractivity contribution >= 4 is 73.8 Å². The van der Waals surface area contributed by atoms with Crippen LogP contribution in [0.15, 0.2) is 69.7 Å². The average molecular weight is 828 g/mol. The van der Waals surface area contributed by atoms with E-state index in [2.05, 4.69) is 15.1 Å². The first-order valence-electron chi connectivity index (χ1n) is 17.8. The number of rotatable bonds is 8. The summed E-state index contributed by atoms with van der Waals surface area (Å²) in [7, 11) is -4.57. The number of phenols is 1. The molecule has 2 atom stereocenters. The summed E-state index contributed by atoms with van der Waals surface area (Å²) in [4.78, 5) is 43.7. The molecule has 15 nitrogen and oxygen atoms in total. The van der Waals surface area contributed by atoms with Gasteiger partial charge in [-0.05, 0) is 67.3 Å². The molecule has 6 rings (SSSR count). The quantitative estimate of drug-likeness (QED) is 0.100. The maximum atomic E-state index is 13.4. The van der Waals surface area contributed by atoms with E-state index in [9.17, 15) is 32.5 Å². The van der Waals surface area contributed by atoms with Crippen LogP contribution in [0, 0.1) is 20.8 Å². The monoisotopic (exact) mass is 827 g/mol. The Balaban J connectivity index is 1.12. The van der Waals surface area contributed by atoms with Gasteiger partial charge >= 0.3 is 155 Å². The number of anilines is 1. The fourth-order valence-corrected chi connectivity index (χ4v) is 8.66. The number of aromatic hydroxyl groups is 1. The summed E-state index contributed by atoms with van der Waals surface area (Å²) in [6.07, 6.45) is 0.267. The molecule has 0 aromatic heterocycles. The van der Waals surface area contributed by atoms with E-state index in [4.69, 9.17) is 12.8 Å². The van der Waals surface area contributed by atoms with Gasteiger partial charge in [-0.3, -0.25) is 4.55 Å². The second-order valence-corrected chi connectivity index (χ2v) is 17.1. The molecule has 4 N–H and O–H groups in total. The summed E-state index contributed by atoms with van der Waals surface area (Å²) in [5, 5.41) is 19.7. The number of nitrogens with two attached hydrogens (primary N) is 1. The normalized spacial score (nSPS) is 18.8. The Morgan fingerprint density at radius 1 is 0.800 bits per heavy atom. The molecule has 2 aliphatic rings. The van der Waals surface area contributed by atoms with Crippen LogP contribution in [0.1, 0.15) is 22.3 Å². The zero-order chi connectivity index (χ0) is 39.4. The van der Waals surface area contributed by atoms with E-state index in [0.717, 1.165) is 27.8 Å². The van der Waals surface area contributed by atoms with Gasteiger partial charge in [-0.2, -0.15) is 13.5 Å². The number of carbonyl (C=O) groups is 3. The van der Waals surface area contributed by atoms with Gasteiger partial charge in [0.1, 0.15) is 10.6 Å². The molecule has 0 amide bonds. The number of nitrogen functional groups attached to an aromatic ring is 1. The van der Waals surface area contributed by atoms with Crippen LogP contribution in [0.2, 0.25) is 0 Å². The van der Waals surface area contributed by atoms with Crippen LogP contribution in [-0.2, 0) is 38.0 Å². The van der Waals surface area contributed by atoms with E-state index in [1.807, 2.05) is 60.0 Å². The van der Waals surface area contributed by atoms with Crippen molar-refractivity contribution in [2.45, 2.75) is 32.1 Å². The summed E-state index contributed by atoms with van der Waals surface area (Å²) in [6, 6.07) is 15.8. The molecule has 2 fully saturated rings. The van der Waals surface area contributed by atoms with Crippen LogP contribution in [0.5, 0.6) is 5.75 Å². The van der Waals surface area contributed by atoms with Crippen molar-refractivity contribution in [3.63, 3.8) is 0 Å². The molecule has 0 saturated carbocycles. The summed E-state index contributed by atoms with van der Waals surface area (Å²) >= 11 is -2.15. The van der Waals surface area contributed by atoms with Crippen LogP contribution in [-0.4, -0.2) is 128 Å². The molecule has 2 saturated heterocycles. The third kappa shape index (κ3) is 9.79. The van der Waals surface area contributed by atoms with Crippen LogP contribution >= 0.6 is 0 Å². The first-order chi connectivity index (χ1) is 26.2. The number of hydrogen-bond donors (Lipinski definition) is 3. The van der Waals surface area contributed by atoms with E-state index in [0.29, 0.717) is 50.5 Å². The molecule has 17 heteroatoms. The Labute approximate surface area is 327 Å². The number of Topliss-reactive ketones (excluding diaryl/α,β-unsaturated/α-hetero) is 1. The van der Waals surface area contributed by atoms with Gasteiger partial charge in [0.25, 0.3) is 10.1 Å². The van der Waals surface area contributed by atoms with Crippen LogP contribution in [0.4, 0.5) is 17.1 Å². The van der Waals surface area contributed by atoms with E-state index in [1.165, 1.54) is 18.2 Å². The average Bonchev–Trinajstić information content (AvgIpc) is 3.18. The van der Waals surface area contributed by atoms with Gasteiger partial charge < -0.3 is 10.8 Å². The number of nitrogens with zero attached hydrogens (tertiary/aromatic N) is 5.